The molecule has 2 aromatic rings. The first-order valence-electron chi connectivity index (χ1n) is 8.41. The lowest BCUT2D eigenvalue weighted by atomic mass is 10.1. The summed E-state index contributed by atoms with van der Waals surface area (Å²) in [6.07, 6.45) is 5.88. The van der Waals surface area contributed by atoms with Crippen molar-refractivity contribution in [1.82, 2.24) is 9.80 Å². The van der Waals surface area contributed by atoms with Gasteiger partial charge in [0.2, 0.25) is 0 Å². The van der Waals surface area contributed by atoms with Gasteiger partial charge in [0.1, 0.15) is 5.76 Å². The molecule has 1 aliphatic heterocycles. The molecular formula is C19H26N2O. The van der Waals surface area contributed by atoms with E-state index in [0.717, 1.165) is 31.9 Å². The zero-order valence-electron chi connectivity index (χ0n) is 13.3. The lowest BCUT2D eigenvalue weighted by molar-refractivity contribution is 0.167. The van der Waals surface area contributed by atoms with Crippen LogP contribution in [0.1, 0.15) is 30.6 Å². The summed E-state index contributed by atoms with van der Waals surface area (Å²) in [5.74, 6) is 1.05. The van der Waals surface area contributed by atoms with Gasteiger partial charge in [-0.15, -0.1) is 0 Å². The zero-order valence-corrected chi connectivity index (χ0v) is 13.3. The van der Waals surface area contributed by atoms with E-state index in [1.165, 1.54) is 37.9 Å². The molecule has 0 bridgehead atoms. The highest BCUT2D eigenvalue weighted by Gasteiger charge is 2.13. The molecule has 3 nitrogen and oxygen atoms in total. The molecule has 22 heavy (non-hydrogen) atoms. The molecule has 0 N–H and O–H groups in total. The third-order valence-corrected chi connectivity index (χ3v) is 4.39. The second kappa shape index (κ2) is 8.16. The highest BCUT2D eigenvalue weighted by atomic mass is 16.3. The normalized spacial score (nSPS) is 16.2. The van der Waals surface area contributed by atoms with Crippen LogP contribution in [-0.4, -0.2) is 36.0 Å². The van der Waals surface area contributed by atoms with E-state index in [1.54, 1.807) is 6.26 Å². The maximum atomic E-state index is 5.54. The van der Waals surface area contributed by atoms with Gasteiger partial charge in [-0.3, -0.25) is 4.90 Å². The Balaban J connectivity index is 1.57. The average molecular weight is 298 g/mol. The summed E-state index contributed by atoms with van der Waals surface area (Å²) in [4.78, 5) is 5.09. The highest BCUT2D eigenvalue weighted by Crippen LogP contribution is 2.12. The molecule has 0 atom stereocenters. The van der Waals surface area contributed by atoms with E-state index >= 15 is 0 Å². The van der Waals surface area contributed by atoms with Crippen LogP contribution in [-0.2, 0) is 13.1 Å². The molecule has 3 heteroatoms. The van der Waals surface area contributed by atoms with Crippen molar-refractivity contribution < 1.29 is 4.42 Å². The Kier molecular flexibility index (Phi) is 5.68. The fraction of sp³-hybridized carbons (Fsp3) is 0.474. The van der Waals surface area contributed by atoms with Gasteiger partial charge in [-0.25, -0.2) is 0 Å². The van der Waals surface area contributed by atoms with Gasteiger partial charge >= 0.3 is 0 Å². The number of rotatable bonds is 7. The number of benzene rings is 1. The third kappa shape index (κ3) is 4.72. The maximum absolute atomic E-state index is 5.54. The lowest BCUT2D eigenvalue weighted by Gasteiger charge is -2.29. The molecule has 0 aliphatic carbocycles. The van der Waals surface area contributed by atoms with E-state index in [-0.39, 0.29) is 0 Å². The molecule has 0 radical (unpaired) electrons. The number of hydrogen-bond acceptors (Lipinski definition) is 3. The predicted octanol–water partition coefficient (Wildman–Crippen LogP) is 3.77. The van der Waals surface area contributed by atoms with Crippen LogP contribution in [0.25, 0.3) is 0 Å². The summed E-state index contributed by atoms with van der Waals surface area (Å²) < 4.78 is 5.54. The molecule has 1 fully saturated rings. The lowest BCUT2D eigenvalue weighted by Crippen LogP contribution is -2.37. The number of nitrogens with zero attached hydrogens (tertiary/aromatic N) is 2. The van der Waals surface area contributed by atoms with E-state index in [4.69, 9.17) is 4.42 Å². The van der Waals surface area contributed by atoms with Crippen molar-refractivity contribution in [3.63, 3.8) is 0 Å². The maximum Gasteiger partial charge on any atom is 0.117 e. The molecule has 1 saturated heterocycles. The Morgan fingerprint density at radius 1 is 0.909 bits per heavy atom. The molecule has 1 aliphatic rings. The standard InChI is InChI=1S/C19H26N2O/c1-3-8-18(9-4-1)16-21(17-19-10-7-15-22-19)14-13-20-11-5-2-6-12-20/h1,3-4,7-10,15H,2,5-6,11-14,16-17H2. The monoisotopic (exact) mass is 298 g/mol. The van der Waals surface area contributed by atoms with Crippen LogP contribution in [0.3, 0.4) is 0 Å². The van der Waals surface area contributed by atoms with E-state index in [2.05, 4.69) is 46.2 Å². The Morgan fingerprint density at radius 3 is 2.45 bits per heavy atom. The van der Waals surface area contributed by atoms with Crippen LogP contribution < -0.4 is 0 Å². The Labute approximate surface area is 133 Å². The van der Waals surface area contributed by atoms with Gasteiger partial charge in [-0.1, -0.05) is 36.8 Å². The first-order valence-corrected chi connectivity index (χ1v) is 8.41. The van der Waals surface area contributed by atoms with Crippen molar-refractivity contribution in [2.75, 3.05) is 26.2 Å². The van der Waals surface area contributed by atoms with E-state index in [1.807, 2.05) is 6.07 Å². The minimum Gasteiger partial charge on any atom is -0.468 e. The van der Waals surface area contributed by atoms with Crippen molar-refractivity contribution in [2.24, 2.45) is 0 Å². The first-order chi connectivity index (χ1) is 10.9. The SMILES string of the molecule is c1ccc(CN(CCN2CCCCC2)Cc2ccco2)cc1. The second-order valence-electron chi connectivity index (χ2n) is 6.18. The van der Waals surface area contributed by atoms with E-state index in [9.17, 15) is 0 Å². The van der Waals surface area contributed by atoms with Crippen LogP contribution in [0.15, 0.2) is 53.1 Å². The molecule has 1 aromatic carbocycles. The van der Waals surface area contributed by atoms with Gasteiger partial charge in [-0.2, -0.15) is 0 Å². The van der Waals surface area contributed by atoms with E-state index < -0.39 is 0 Å². The molecule has 1 aromatic heterocycles. The second-order valence-corrected chi connectivity index (χ2v) is 6.18. The summed E-state index contributed by atoms with van der Waals surface area (Å²) in [7, 11) is 0. The fourth-order valence-electron chi connectivity index (χ4n) is 3.14. The number of hydrogen-bond donors (Lipinski definition) is 0. The largest absolute Gasteiger partial charge is 0.468 e. The number of piperidine rings is 1. The molecule has 2 heterocycles. The first kappa shape index (κ1) is 15.3. The van der Waals surface area contributed by atoms with Crippen molar-refractivity contribution >= 4 is 0 Å². The highest BCUT2D eigenvalue weighted by molar-refractivity contribution is 5.14. The number of likely N-dealkylation sites (tertiary alicyclic amines) is 1. The van der Waals surface area contributed by atoms with Gasteiger partial charge < -0.3 is 9.32 Å². The van der Waals surface area contributed by atoms with Gasteiger partial charge in [-0.05, 0) is 43.6 Å². The summed E-state index contributed by atoms with van der Waals surface area (Å²) in [6, 6.07) is 14.8. The van der Waals surface area contributed by atoms with E-state index in [0.29, 0.717) is 0 Å². The third-order valence-electron chi connectivity index (χ3n) is 4.39. The minimum atomic E-state index is 0.885. The molecule has 0 saturated carbocycles. The van der Waals surface area contributed by atoms with Crippen LogP contribution in [0.2, 0.25) is 0 Å². The van der Waals surface area contributed by atoms with Crippen molar-refractivity contribution in [1.29, 1.82) is 0 Å². The van der Waals surface area contributed by atoms with Crippen LogP contribution in [0.5, 0.6) is 0 Å². The van der Waals surface area contributed by atoms with Crippen LogP contribution in [0, 0.1) is 0 Å². The summed E-state index contributed by atoms with van der Waals surface area (Å²) in [5, 5.41) is 0. The molecule has 3 rings (SSSR count). The van der Waals surface area contributed by atoms with Crippen molar-refractivity contribution in [3.8, 4) is 0 Å². The Hall–Kier alpha value is -1.58. The summed E-state index contributed by atoms with van der Waals surface area (Å²) >= 11 is 0. The average Bonchev–Trinajstić information content (AvgIpc) is 3.08. The predicted molar refractivity (Wildman–Crippen MR) is 89.6 cm³/mol. The van der Waals surface area contributed by atoms with Gasteiger partial charge in [0.05, 0.1) is 12.8 Å². The molecular weight excluding hydrogens is 272 g/mol. The van der Waals surface area contributed by atoms with Crippen molar-refractivity contribution in [2.45, 2.75) is 32.4 Å². The number of furan rings is 1. The zero-order chi connectivity index (χ0) is 15.0. The quantitative estimate of drug-likeness (QED) is 0.776. The Bertz CT molecular complexity index is 518. The van der Waals surface area contributed by atoms with Crippen molar-refractivity contribution in [3.05, 3.63) is 60.1 Å². The fourth-order valence-corrected chi connectivity index (χ4v) is 3.14. The van der Waals surface area contributed by atoms with Gasteiger partial charge in [0, 0.05) is 19.6 Å². The Morgan fingerprint density at radius 2 is 1.73 bits per heavy atom. The van der Waals surface area contributed by atoms with Gasteiger partial charge in [0.25, 0.3) is 0 Å². The minimum absolute atomic E-state index is 0.885. The molecule has 0 unspecified atom stereocenters. The molecule has 0 spiro atoms. The van der Waals surface area contributed by atoms with Crippen LogP contribution in [0.4, 0.5) is 0 Å². The van der Waals surface area contributed by atoms with Crippen LogP contribution >= 0.6 is 0 Å². The smallest absolute Gasteiger partial charge is 0.117 e. The molecule has 0 amide bonds. The van der Waals surface area contributed by atoms with Gasteiger partial charge in [0.15, 0.2) is 0 Å². The molecule has 118 valence electrons. The summed E-state index contributed by atoms with van der Waals surface area (Å²) in [5.41, 5.74) is 1.37. The topological polar surface area (TPSA) is 19.6 Å². The summed E-state index contributed by atoms with van der Waals surface area (Å²) in [6.45, 7) is 6.65.